The molecule has 4 rings (SSSR count). The number of nitrogens with two attached hydrogens (primary N) is 1. The van der Waals surface area contributed by atoms with Crippen molar-refractivity contribution in [3.63, 3.8) is 0 Å². The van der Waals surface area contributed by atoms with Crippen molar-refractivity contribution < 1.29 is 17.6 Å². The molecule has 0 bridgehead atoms. The largest absolute Gasteiger partial charge is 0.419 e. The zero-order chi connectivity index (χ0) is 26.7. The number of imidazole rings is 1. The SMILES string of the molecule is C=C(N)/C(CC)=C(\C)N1CCC(c2nc(-c3ccc(F)c(C(F)(F)F)c3)cn2CCN2CCCC2)CC1. The predicted molar refractivity (Wildman–Crippen MR) is 138 cm³/mol. The van der Waals surface area contributed by atoms with E-state index in [1.54, 1.807) is 0 Å². The van der Waals surface area contributed by atoms with Gasteiger partial charge in [0.1, 0.15) is 11.6 Å². The number of halogens is 4. The normalized spacial score (nSPS) is 18.4. The van der Waals surface area contributed by atoms with Crippen LogP contribution in [0.2, 0.25) is 0 Å². The first-order chi connectivity index (χ1) is 17.6. The van der Waals surface area contributed by atoms with Crippen molar-refractivity contribution in [2.45, 2.75) is 64.6 Å². The Hall–Kier alpha value is -2.81. The minimum Gasteiger partial charge on any atom is -0.399 e. The monoisotopic (exact) mass is 519 g/mol. The van der Waals surface area contributed by atoms with Crippen LogP contribution in [0.25, 0.3) is 11.3 Å². The molecule has 2 fully saturated rings. The molecule has 0 aliphatic carbocycles. The Morgan fingerprint density at radius 1 is 1.11 bits per heavy atom. The number of alkyl halides is 3. The van der Waals surface area contributed by atoms with Gasteiger partial charge in [-0.05, 0) is 75.9 Å². The number of piperidine rings is 1. The lowest BCUT2D eigenvalue weighted by atomic mass is 9.94. The summed E-state index contributed by atoms with van der Waals surface area (Å²) in [5.74, 6) is -0.190. The lowest BCUT2D eigenvalue weighted by molar-refractivity contribution is -0.139. The zero-order valence-electron chi connectivity index (χ0n) is 21.8. The van der Waals surface area contributed by atoms with Crippen LogP contribution in [0.3, 0.4) is 0 Å². The van der Waals surface area contributed by atoms with Gasteiger partial charge in [0, 0.05) is 55.3 Å². The predicted octanol–water partition coefficient (Wildman–Crippen LogP) is 6.14. The summed E-state index contributed by atoms with van der Waals surface area (Å²) >= 11 is 0. The van der Waals surface area contributed by atoms with Crippen LogP contribution < -0.4 is 5.73 Å². The Morgan fingerprint density at radius 3 is 2.38 bits per heavy atom. The molecule has 2 saturated heterocycles. The molecule has 0 unspecified atom stereocenters. The number of likely N-dealkylation sites (tertiary alicyclic amines) is 2. The minimum absolute atomic E-state index is 0.185. The minimum atomic E-state index is -4.76. The van der Waals surface area contributed by atoms with E-state index in [2.05, 4.69) is 34.8 Å². The van der Waals surface area contributed by atoms with Gasteiger partial charge in [0.2, 0.25) is 0 Å². The Morgan fingerprint density at radius 2 is 1.78 bits per heavy atom. The summed E-state index contributed by atoms with van der Waals surface area (Å²) in [6, 6.07) is 3.13. The molecule has 5 nitrogen and oxygen atoms in total. The van der Waals surface area contributed by atoms with Gasteiger partial charge in [-0.15, -0.1) is 0 Å². The Kier molecular flexibility index (Phi) is 8.31. The van der Waals surface area contributed by atoms with Crippen LogP contribution in [0.15, 0.2) is 47.9 Å². The van der Waals surface area contributed by atoms with Gasteiger partial charge in [-0.2, -0.15) is 13.2 Å². The molecule has 37 heavy (non-hydrogen) atoms. The van der Waals surface area contributed by atoms with Crippen molar-refractivity contribution in [1.82, 2.24) is 19.4 Å². The van der Waals surface area contributed by atoms with Crippen molar-refractivity contribution in [3.8, 4) is 11.3 Å². The van der Waals surface area contributed by atoms with E-state index in [0.29, 0.717) is 11.4 Å². The maximum atomic E-state index is 13.9. The molecule has 0 saturated carbocycles. The number of aromatic nitrogens is 2. The maximum absolute atomic E-state index is 13.9. The highest BCUT2D eigenvalue weighted by Gasteiger charge is 2.35. The van der Waals surface area contributed by atoms with Crippen LogP contribution in [-0.4, -0.2) is 52.1 Å². The summed E-state index contributed by atoms with van der Waals surface area (Å²) in [4.78, 5) is 9.58. The summed E-state index contributed by atoms with van der Waals surface area (Å²) in [5.41, 5.74) is 8.28. The summed E-state index contributed by atoms with van der Waals surface area (Å²) in [6.07, 6.45) is 2.04. The second kappa shape index (κ2) is 11.3. The van der Waals surface area contributed by atoms with Crippen molar-refractivity contribution >= 4 is 0 Å². The smallest absolute Gasteiger partial charge is 0.399 e. The Balaban J connectivity index is 1.60. The standard InChI is InChI=1S/C28H37F4N5/c1-4-23(19(2)33)20(3)36-13-9-21(10-14-36)27-34-26(18-37(27)16-15-35-11-5-6-12-35)22-7-8-25(29)24(17-22)28(30,31)32/h7-8,17-18,21H,2,4-6,9-16,33H2,1,3H3/b23-20+. The molecule has 9 heteroatoms. The van der Waals surface area contributed by atoms with E-state index in [-0.39, 0.29) is 11.5 Å². The molecule has 0 atom stereocenters. The highest BCUT2D eigenvalue weighted by molar-refractivity contribution is 5.60. The van der Waals surface area contributed by atoms with E-state index < -0.39 is 17.6 Å². The van der Waals surface area contributed by atoms with E-state index in [1.807, 2.05) is 6.20 Å². The number of rotatable bonds is 8. The van der Waals surface area contributed by atoms with E-state index in [1.165, 1.54) is 18.9 Å². The van der Waals surface area contributed by atoms with Crippen molar-refractivity contribution in [2.75, 3.05) is 32.7 Å². The van der Waals surface area contributed by atoms with Crippen LogP contribution in [0, 0.1) is 5.82 Å². The molecule has 0 spiro atoms. The van der Waals surface area contributed by atoms with Gasteiger partial charge in [0.15, 0.2) is 0 Å². The van der Waals surface area contributed by atoms with Crippen LogP contribution >= 0.6 is 0 Å². The highest BCUT2D eigenvalue weighted by Crippen LogP contribution is 2.36. The van der Waals surface area contributed by atoms with Crippen molar-refractivity contribution in [2.24, 2.45) is 5.73 Å². The van der Waals surface area contributed by atoms with E-state index in [4.69, 9.17) is 10.7 Å². The molecule has 0 radical (unpaired) electrons. The molecule has 3 heterocycles. The first-order valence-electron chi connectivity index (χ1n) is 13.1. The molecule has 2 aromatic rings. The second-order valence-electron chi connectivity index (χ2n) is 10.1. The highest BCUT2D eigenvalue weighted by atomic mass is 19.4. The summed E-state index contributed by atoms with van der Waals surface area (Å²) in [7, 11) is 0. The molecule has 2 aliphatic rings. The first-order valence-corrected chi connectivity index (χ1v) is 13.1. The molecule has 2 aliphatic heterocycles. The second-order valence-corrected chi connectivity index (χ2v) is 10.1. The van der Waals surface area contributed by atoms with Gasteiger partial charge in [-0.3, -0.25) is 0 Å². The Labute approximate surface area is 216 Å². The summed E-state index contributed by atoms with van der Waals surface area (Å²) in [5, 5.41) is 0. The number of hydrogen-bond acceptors (Lipinski definition) is 4. The first kappa shape index (κ1) is 27.2. The number of allylic oxidation sites excluding steroid dienone is 2. The van der Waals surface area contributed by atoms with Crippen LogP contribution in [0.5, 0.6) is 0 Å². The van der Waals surface area contributed by atoms with Crippen LogP contribution in [0.4, 0.5) is 17.6 Å². The van der Waals surface area contributed by atoms with E-state index in [9.17, 15) is 17.6 Å². The maximum Gasteiger partial charge on any atom is 0.419 e. The van der Waals surface area contributed by atoms with Gasteiger partial charge in [-0.1, -0.05) is 13.5 Å². The lowest BCUT2D eigenvalue weighted by Crippen LogP contribution is -2.33. The van der Waals surface area contributed by atoms with E-state index >= 15 is 0 Å². The van der Waals surface area contributed by atoms with Crippen LogP contribution in [0.1, 0.15) is 63.3 Å². The molecule has 2 N–H and O–H groups in total. The van der Waals surface area contributed by atoms with Crippen molar-refractivity contribution in [3.05, 3.63) is 65.1 Å². The van der Waals surface area contributed by atoms with Gasteiger partial charge in [0.25, 0.3) is 0 Å². The molecule has 202 valence electrons. The van der Waals surface area contributed by atoms with Gasteiger partial charge < -0.3 is 20.1 Å². The fourth-order valence-corrected chi connectivity index (χ4v) is 5.61. The van der Waals surface area contributed by atoms with Gasteiger partial charge >= 0.3 is 6.18 Å². The van der Waals surface area contributed by atoms with Crippen molar-refractivity contribution in [1.29, 1.82) is 0 Å². The third-order valence-electron chi connectivity index (χ3n) is 7.74. The summed E-state index contributed by atoms with van der Waals surface area (Å²) < 4.78 is 56.1. The fraction of sp³-hybridized carbons (Fsp3) is 0.536. The van der Waals surface area contributed by atoms with Gasteiger partial charge in [0.05, 0.1) is 11.3 Å². The molecule has 0 amide bonds. The quantitative estimate of drug-likeness (QED) is 0.336. The van der Waals surface area contributed by atoms with E-state index in [0.717, 1.165) is 87.8 Å². The number of benzene rings is 1. The lowest BCUT2D eigenvalue weighted by Gasteiger charge is -2.35. The van der Waals surface area contributed by atoms with Crippen LogP contribution in [-0.2, 0) is 12.7 Å². The average molecular weight is 520 g/mol. The zero-order valence-corrected chi connectivity index (χ0v) is 21.8. The molecular weight excluding hydrogens is 482 g/mol. The molecular formula is C28H37F4N5. The molecule has 1 aromatic heterocycles. The Bertz CT molecular complexity index is 1140. The molecule has 1 aromatic carbocycles. The average Bonchev–Trinajstić information content (AvgIpc) is 3.53. The number of hydrogen-bond donors (Lipinski definition) is 1. The third kappa shape index (κ3) is 6.20. The number of nitrogens with zero attached hydrogens (tertiary/aromatic N) is 4. The summed E-state index contributed by atoms with van der Waals surface area (Å²) in [6.45, 7) is 13.5. The third-order valence-corrected chi connectivity index (χ3v) is 7.74. The van der Waals surface area contributed by atoms with Gasteiger partial charge in [-0.25, -0.2) is 9.37 Å². The fourth-order valence-electron chi connectivity index (χ4n) is 5.61. The topological polar surface area (TPSA) is 50.3 Å².